The van der Waals surface area contributed by atoms with Gasteiger partial charge >= 0.3 is 0 Å². The van der Waals surface area contributed by atoms with E-state index >= 15 is 0 Å². The zero-order chi connectivity index (χ0) is 41.0. The molecular formula is C56H35N5S. The van der Waals surface area contributed by atoms with Gasteiger partial charge in [-0.25, -0.2) is 15.0 Å². The van der Waals surface area contributed by atoms with Crippen LogP contribution in [0.15, 0.2) is 223 Å². The number of hydrogen-bond acceptors (Lipinski definition) is 6. The Hall–Kier alpha value is -7.80. The molecule has 290 valence electrons. The molecule has 1 aliphatic heterocycles. The first-order valence-electron chi connectivity index (χ1n) is 20.7. The van der Waals surface area contributed by atoms with Crippen molar-refractivity contribution >= 4 is 11.8 Å². The molecule has 6 aromatic carbocycles. The molecule has 12 rings (SSSR count). The highest BCUT2D eigenvalue weighted by Gasteiger charge is 2.51. The summed E-state index contributed by atoms with van der Waals surface area (Å²) in [6.07, 6.45) is 7.30. The molecule has 6 heteroatoms. The standard InChI is InChI=1S/C56H35N5S/c1-3-13-36(14-4-1)51-35-52(37-15-5-2-6-16-37)61-55(60-51)44-20-12-24-48-54(44)62-53-41(40-33-49(38-25-29-57-30-26-38)59-50(34-40)39-27-31-58-32-28-39)19-11-23-47(53)56(48)45-21-9-7-17-42(45)43-18-8-10-22-46(43)56/h1-35H. The van der Waals surface area contributed by atoms with Gasteiger partial charge < -0.3 is 0 Å². The second kappa shape index (κ2) is 14.7. The van der Waals surface area contributed by atoms with Gasteiger partial charge in [0.2, 0.25) is 0 Å². The van der Waals surface area contributed by atoms with Crippen LogP contribution in [0.1, 0.15) is 22.3 Å². The topological polar surface area (TPSA) is 64.5 Å². The Morgan fingerprint density at radius 2 is 0.710 bits per heavy atom. The first-order chi connectivity index (χ1) is 30.7. The molecule has 0 N–H and O–H groups in total. The van der Waals surface area contributed by atoms with E-state index in [9.17, 15) is 0 Å². The smallest absolute Gasteiger partial charge is 0.161 e. The number of hydrogen-bond donors (Lipinski definition) is 0. The molecule has 0 atom stereocenters. The Kier molecular flexibility index (Phi) is 8.57. The van der Waals surface area contributed by atoms with Crippen LogP contribution >= 0.6 is 11.8 Å². The van der Waals surface area contributed by atoms with E-state index in [0.29, 0.717) is 5.82 Å². The summed E-state index contributed by atoms with van der Waals surface area (Å²) in [6, 6.07) is 66.9. The zero-order valence-electron chi connectivity index (χ0n) is 33.4. The Morgan fingerprint density at radius 1 is 0.306 bits per heavy atom. The van der Waals surface area contributed by atoms with Gasteiger partial charge in [-0.3, -0.25) is 9.97 Å². The Bertz CT molecular complexity index is 2980. The normalized spacial score (nSPS) is 12.9. The summed E-state index contributed by atoms with van der Waals surface area (Å²) in [6.45, 7) is 0. The number of pyridine rings is 3. The number of aromatic nitrogens is 5. The van der Waals surface area contributed by atoms with Crippen molar-refractivity contribution in [3.8, 4) is 78.7 Å². The molecule has 0 saturated heterocycles. The third-order valence-corrected chi connectivity index (χ3v) is 13.5. The molecule has 5 nitrogen and oxygen atoms in total. The minimum atomic E-state index is -0.622. The summed E-state index contributed by atoms with van der Waals surface area (Å²) < 4.78 is 0. The predicted molar refractivity (Wildman–Crippen MR) is 249 cm³/mol. The van der Waals surface area contributed by atoms with Crippen LogP contribution < -0.4 is 0 Å². The van der Waals surface area contributed by atoms with Crippen molar-refractivity contribution in [1.29, 1.82) is 0 Å². The average molecular weight is 810 g/mol. The molecule has 0 radical (unpaired) electrons. The van der Waals surface area contributed by atoms with Crippen LogP contribution in [0.25, 0.3) is 78.7 Å². The monoisotopic (exact) mass is 809 g/mol. The molecule has 62 heavy (non-hydrogen) atoms. The number of fused-ring (bicyclic) bond motifs is 9. The van der Waals surface area contributed by atoms with Gasteiger partial charge in [0, 0.05) is 62.4 Å². The lowest BCUT2D eigenvalue weighted by molar-refractivity contribution is 0.723. The van der Waals surface area contributed by atoms with Crippen molar-refractivity contribution in [2.75, 3.05) is 0 Å². The van der Waals surface area contributed by atoms with E-state index in [1.54, 1.807) is 0 Å². The fraction of sp³-hybridized carbons (Fsp3) is 0.0179. The Morgan fingerprint density at radius 3 is 1.24 bits per heavy atom. The minimum Gasteiger partial charge on any atom is -0.265 e. The second-order valence-corrected chi connectivity index (χ2v) is 16.6. The Labute approximate surface area is 364 Å². The van der Waals surface area contributed by atoms with Crippen molar-refractivity contribution in [2.24, 2.45) is 0 Å². The maximum Gasteiger partial charge on any atom is 0.161 e. The molecule has 5 heterocycles. The summed E-state index contributed by atoms with van der Waals surface area (Å²) in [4.78, 5) is 27.0. The first-order valence-corrected chi connectivity index (χ1v) is 21.5. The first kappa shape index (κ1) is 36.1. The van der Waals surface area contributed by atoms with Crippen molar-refractivity contribution in [3.05, 3.63) is 235 Å². The SMILES string of the molecule is c1ccc(-c2cc(-c3ccccc3)nc(-c3cccc4c3Sc3c(-c5cc(-c6ccncc6)nc(-c6ccncc6)c5)cccc3C43c4ccccc4-c4ccccc43)n2)cc1. The van der Waals surface area contributed by atoms with Gasteiger partial charge in [-0.05, 0) is 87.0 Å². The summed E-state index contributed by atoms with van der Waals surface area (Å²) in [7, 11) is 0. The summed E-state index contributed by atoms with van der Waals surface area (Å²) in [5.74, 6) is 0.689. The van der Waals surface area contributed by atoms with E-state index in [2.05, 4.69) is 162 Å². The zero-order valence-corrected chi connectivity index (χ0v) is 34.2. The van der Waals surface area contributed by atoms with E-state index in [-0.39, 0.29) is 0 Å². The maximum atomic E-state index is 5.40. The fourth-order valence-corrected chi connectivity index (χ4v) is 10.9. The van der Waals surface area contributed by atoms with Crippen LogP contribution in [-0.2, 0) is 5.41 Å². The fourth-order valence-electron chi connectivity index (χ4n) is 9.46. The maximum absolute atomic E-state index is 5.40. The van der Waals surface area contributed by atoms with Crippen LogP contribution in [0.4, 0.5) is 0 Å². The molecule has 1 aliphatic carbocycles. The molecule has 0 saturated carbocycles. The molecule has 0 unspecified atom stereocenters. The van der Waals surface area contributed by atoms with Gasteiger partial charge in [0.1, 0.15) is 0 Å². The molecule has 0 bridgehead atoms. The van der Waals surface area contributed by atoms with Crippen molar-refractivity contribution in [2.45, 2.75) is 15.2 Å². The molecule has 0 amide bonds. The van der Waals surface area contributed by atoms with E-state index in [0.717, 1.165) is 66.6 Å². The molecule has 2 aliphatic rings. The van der Waals surface area contributed by atoms with E-state index < -0.39 is 5.41 Å². The average Bonchev–Trinajstić information content (AvgIpc) is 3.65. The van der Waals surface area contributed by atoms with Gasteiger partial charge in [0.15, 0.2) is 5.82 Å². The van der Waals surface area contributed by atoms with Crippen LogP contribution in [0.5, 0.6) is 0 Å². The summed E-state index contributed by atoms with van der Waals surface area (Å²) in [5, 5.41) is 0. The summed E-state index contributed by atoms with van der Waals surface area (Å²) in [5.41, 5.74) is 17.7. The van der Waals surface area contributed by atoms with Gasteiger partial charge in [-0.1, -0.05) is 157 Å². The lowest BCUT2D eigenvalue weighted by Crippen LogP contribution is -2.32. The van der Waals surface area contributed by atoms with Crippen LogP contribution in [0.2, 0.25) is 0 Å². The largest absolute Gasteiger partial charge is 0.265 e. The highest BCUT2D eigenvalue weighted by Crippen LogP contribution is 2.64. The van der Waals surface area contributed by atoms with Gasteiger partial charge in [-0.2, -0.15) is 0 Å². The molecule has 10 aromatic rings. The molecule has 4 aromatic heterocycles. The number of benzene rings is 6. The van der Waals surface area contributed by atoms with Crippen molar-refractivity contribution in [1.82, 2.24) is 24.9 Å². The predicted octanol–water partition coefficient (Wildman–Crippen LogP) is 13.5. The molecule has 0 fully saturated rings. The minimum absolute atomic E-state index is 0.622. The lowest BCUT2D eigenvalue weighted by atomic mass is 9.66. The van der Waals surface area contributed by atoms with Crippen LogP contribution in [0, 0.1) is 0 Å². The van der Waals surface area contributed by atoms with E-state index in [1.807, 2.05) is 72.9 Å². The quantitative estimate of drug-likeness (QED) is 0.167. The number of rotatable bonds is 6. The number of nitrogens with zero attached hydrogens (tertiary/aromatic N) is 5. The molecular weight excluding hydrogens is 775 g/mol. The van der Waals surface area contributed by atoms with Gasteiger partial charge in [0.05, 0.1) is 28.2 Å². The highest BCUT2D eigenvalue weighted by atomic mass is 32.2. The van der Waals surface area contributed by atoms with E-state index in [1.165, 1.54) is 38.3 Å². The van der Waals surface area contributed by atoms with Gasteiger partial charge in [-0.15, -0.1) is 0 Å². The third-order valence-electron chi connectivity index (χ3n) is 12.2. The van der Waals surface area contributed by atoms with Crippen LogP contribution in [-0.4, -0.2) is 24.9 Å². The van der Waals surface area contributed by atoms with Crippen molar-refractivity contribution < 1.29 is 0 Å². The van der Waals surface area contributed by atoms with E-state index in [4.69, 9.17) is 15.0 Å². The van der Waals surface area contributed by atoms with Crippen molar-refractivity contribution in [3.63, 3.8) is 0 Å². The lowest BCUT2D eigenvalue weighted by Gasteiger charge is -2.41. The summed E-state index contributed by atoms with van der Waals surface area (Å²) >= 11 is 1.82. The Balaban J connectivity index is 1.16. The second-order valence-electron chi connectivity index (χ2n) is 15.6. The van der Waals surface area contributed by atoms with Crippen LogP contribution in [0.3, 0.4) is 0 Å². The van der Waals surface area contributed by atoms with Gasteiger partial charge in [0.25, 0.3) is 0 Å². The molecule has 1 spiro atoms. The third kappa shape index (κ3) is 5.75. The highest BCUT2D eigenvalue weighted by molar-refractivity contribution is 7.99.